The van der Waals surface area contributed by atoms with E-state index in [4.69, 9.17) is 4.52 Å². The zero-order valence-corrected chi connectivity index (χ0v) is 15.2. The molecule has 26 heavy (non-hydrogen) atoms. The van der Waals surface area contributed by atoms with E-state index in [-0.39, 0.29) is 18.0 Å². The number of urea groups is 1. The summed E-state index contributed by atoms with van der Waals surface area (Å²) < 4.78 is 10.0. The Bertz CT molecular complexity index is 782. The molecule has 0 unspecified atom stereocenters. The maximum Gasteiger partial charge on any atom is 0.337 e. The van der Waals surface area contributed by atoms with Crippen molar-refractivity contribution >= 4 is 17.7 Å². The molecule has 1 atom stereocenters. The molecular weight excluding hydrogens is 334 g/mol. The predicted octanol–water partition coefficient (Wildman–Crippen LogP) is 3.95. The summed E-state index contributed by atoms with van der Waals surface area (Å²) in [6.45, 7) is 4.75. The molecule has 0 bridgehead atoms. The first-order valence-electron chi connectivity index (χ1n) is 8.72. The lowest BCUT2D eigenvalue weighted by atomic mass is 10.1. The molecule has 0 radical (unpaired) electrons. The summed E-state index contributed by atoms with van der Waals surface area (Å²) in [6, 6.07) is 8.27. The van der Waals surface area contributed by atoms with Gasteiger partial charge in [0.05, 0.1) is 18.7 Å². The largest absolute Gasteiger partial charge is 0.465 e. The van der Waals surface area contributed by atoms with Gasteiger partial charge in [-0.1, -0.05) is 19.0 Å². The fraction of sp³-hybridized carbons (Fsp3) is 0.421. The van der Waals surface area contributed by atoms with E-state index in [1.54, 1.807) is 29.2 Å². The lowest BCUT2D eigenvalue weighted by Gasteiger charge is -2.23. The minimum atomic E-state index is -0.408. The van der Waals surface area contributed by atoms with Gasteiger partial charge in [0.2, 0.25) is 0 Å². The third-order valence-corrected chi connectivity index (χ3v) is 4.53. The van der Waals surface area contributed by atoms with E-state index in [9.17, 15) is 9.59 Å². The number of hydrogen-bond acceptors (Lipinski definition) is 5. The quantitative estimate of drug-likeness (QED) is 0.838. The maximum atomic E-state index is 12.7. The molecule has 3 rings (SSSR count). The molecule has 2 aromatic rings. The van der Waals surface area contributed by atoms with Crippen molar-refractivity contribution in [3.8, 4) is 0 Å². The van der Waals surface area contributed by atoms with Crippen LogP contribution in [-0.2, 0) is 4.74 Å². The molecule has 7 nitrogen and oxygen atoms in total. The number of nitrogens with zero attached hydrogens (tertiary/aromatic N) is 2. The Balaban J connectivity index is 1.69. The number of rotatable bonds is 4. The van der Waals surface area contributed by atoms with Crippen LogP contribution in [0.2, 0.25) is 0 Å². The molecule has 0 spiro atoms. The summed E-state index contributed by atoms with van der Waals surface area (Å²) in [6.07, 6.45) is 1.78. The van der Waals surface area contributed by atoms with Crippen molar-refractivity contribution in [3.05, 3.63) is 47.3 Å². The average Bonchev–Trinajstić information content (AvgIpc) is 3.30. The number of methoxy groups -OCH3 is 1. The lowest BCUT2D eigenvalue weighted by molar-refractivity contribution is 0.0600. The van der Waals surface area contributed by atoms with Gasteiger partial charge in [-0.15, -0.1) is 0 Å². The van der Waals surface area contributed by atoms with Crippen molar-refractivity contribution in [2.75, 3.05) is 19.0 Å². The van der Waals surface area contributed by atoms with Crippen LogP contribution in [0, 0.1) is 0 Å². The Kier molecular flexibility index (Phi) is 5.25. The summed E-state index contributed by atoms with van der Waals surface area (Å²) in [5, 5.41) is 7.03. The highest BCUT2D eigenvalue weighted by molar-refractivity contribution is 5.92. The van der Waals surface area contributed by atoms with Gasteiger partial charge in [0.1, 0.15) is 11.5 Å². The van der Waals surface area contributed by atoms with Crippen LogP contribution in [0.5, 0.6) is 0 Å². The number of nitrogens with one attached hydrogen (secondary N) is 1. The minimum Gasteiger partial charge on any atom is -0.465 e. The van der Waals surface area contributed by atoms with Crippen LogP contribution < -0.4 is 5.32 Å². The standard InChI is InChI=1S/C19H23N3O4/c1-12(2)17-11-15(21-26-17)16-5-4-10-22(16)19(24)20-14-8-6-13(7-9-14)18(23)25-3/h6-9,11-12,16H,4-5,10H2,1-3H3,(H,20,24)/t16-/m0/s1. The summed E-state index contributed by atoms with van der Waals surface area (Å²) in [4.78, 5) is 25.9. The molecule has 1 aliphatic rings. The lowest BCUT2D eigenvalue weighted by Crippen LogP contribution is -2.34. The number of hydrogen-bond donors (Lipinski definition) is 1. The van der Waals surface area contributed by atoms with Crippen molar-refractivity contribution in [3.63, 3.8) is 0 Å². The van der Waals surface area contributed by atoms with E-state index in [2.05, 4.69) is 15.2 Å². The third kappa shape index (κ3) is 3.71. The molecule has 1 saturated heterocycles. The Labute approximate surface area is 152 Å². The van der Waals surface area contributed by atoms with Gasteiger partial charge in [-0.3, -0.25) is 0 Å². The molecule has 1 aliphatic heterocycles. The van der Waals surface area contributed by atoms with Crippen molar-refractivity contribution in [1.29, 1.82) is 0 Å². The van der Waals surface area contributed by atoms with Crippen LogP contribution >= 0.6 is 0 Å². The SMILES string of the molecule is COC(=O)c1ccc(NC(=O)N2CCC[C@H]2c2cc(C(C)C)on2)cc1. The molecule has 138 valence electrons. The Morgan fingerprint density at radius 1 is 1.31 bits per heavy atom. The van der Waals surface area contributed by atoms with Gasteiger partial charge in [-0.2, -0.15) is 0 Å². The van der Waals surface area contributed by atoms with E-state index < -0.39 is 5.97 Å². The first-order valence-corrected chi connectivity index (χ1v) is 8.72. The number of esters is 1. The predicted molar refractivity (Wildman–Crippen MR) is 96.1 cm³/mol. The number of carbonyl (C=O) groups is 2. The molecule has 1 N–H and O–H groups in total. The van der Waals surface area contributed by atoms with Gasteiger partial charge in [0.15, 0.2) is 0 Å². The van der Waals surface area contributed by atoms with E-state index in [0.29, 0.717) is 17.8 Å². The highest BCUT2D eigenvalue weighted by atomic mass is 16.5. The summed E-state index contributed by atoms with van der Waals surface area (Å²) in [5.74, 6) is 0.674. The third-order valence-electron chi connectivity index (χ3n) is 4.53. The molecule has 1 fully saturated rings. The van der Waals surface area contributed by atoms with E-state index in [0.717, 1.165) is 24.3 Å². The second kappa shape index (κ2) is 7.59. The van der Waals surface area contributed by atoms with Crippen LogP contribution in [0.1, 0.15) is 60.5 Å². The molecule has 2 heterocycles. The maximum absolute atomic E-state index is 12.7. The van der Waals surface area contributed by atoms with Crippen LogP contribution in [0.3, 0.4) is 0 Å². The Morgan fingerprint density at radius 3 is 2.65 bits per heavy atom. The highest BCUT2D eigenvalue weighted by Crippen LogP contribution is 2.33. The van der Waals surface area contributed by atoms with Crippen LogP contribution in [0.15, 0.2) is 34.9 Å². The molecule has 7 heteroatoms. The second-order valence-corrected chi connectivity index (χ2v) is 6.66. The minimum absolute atomic E-state index is 0.0828. The fourth-order valence-electron chi connectivity index (χ4n) is 3.05. The van der Waals surface area contributed by atoms with E-state index >= 15 is 0 Å². The normalized spacial score (nSPS) is 16.8. The van der Waals surface area contributed by atoms with Crippen LogP contribution in [0.25, 0.3) is 0 Å². The molecular formula is C19H23N3O4. The first kappa shape index (κ1) is 18.0. The number of benzene rings is 1. The topological polar surface area (TPSA) is 84.7 Å². The molecule has 1 aromatic carbocycles. The average molecular weight is 357 g/mol. The second-order valence-electron chi connectivity index (χ2n) is 6.66. The van der Waals surface area contributed by atoms with Crippen LogP contribution in [-0.4, -0.2) is 35.7 Å². The number of anilines is 1. The van der Waals surface area contributed by atoms with E-state index in [1.807, 2.05) is 19.9 Å². The van der Waals surface area contributed by atoms with E-state index in [1.165, 1.54) is 7.11 Å². The van der Waals surface area contributed by atoms with Gasteiger partial charge in [0, 0.05) is 24.2 Å². The monoisotopic (exact) mass is 357 g/mol. The number of ether oxygens (including phenoxy) is 1. The zero-order valence-electron chi connectivity index (χ0n) is 15.2. The number of aromatic nitrogens is 1. The van der Waals surface area contributed by atoms with Gasteiger partial charge in [-0.25, -0.2) is 9.59 Å². The molecule has 0 saturated carbocycles. The number of likely N-dealkylation sites (tertiary alicyclic amines) is 1. The van der Waals surface area contributed by atoms with Crippen LogP contribution in [0.4, 0.5) is 10.5 Å². The Hall–Kier alpha value is -2.83. The molecule has 1 aromatic heterocycles. The van der Waals surface area contributed by atoms with Crippen molar-refractivity contribution in [1.82, 2.24) is 10.1 Å². The molecule has 0 aliphatic carbocycles. The van der Waals surface area contributed by atoms with Gasteiger partial charge in [-0.05, 0) is 37.1 Å². The van der Waals surface area contributed by atoms with Gasteiger partial charge >= 0.3 is 12.0 Å². The fourth-order valence-corrected chi connectivity index (χ4v) is 3.05. The van der Waals surface area contributed by atoms with Crippen molar-refractivity contribution < 1.29 is 18.8 Å². The summed E-state index contributed by atoms with van der Waals surface area (Å²) in [5.41, 5.74) is 1.85. The van der Waals surface area contributed by atoms with Gasteiger partial charge < -0.3 is 19.5 Å². The zero-order chi connectivity index (χ0) is 18.7. The smallest absolute Gasteiger partial charge is 0.337 e. The Morgan fingerprint density at radius 2 is 2.04 bits per heavy atom. The summed E-state index contributed by atoms with van der Waals surface area (Å²) in [7, 11) is 1.33. The highest BCUT2D eigenvalue weighted by Gasteiger charge is 2.32. The molecule has 2 amide bonds. The van der Waals surface area contributed by atoms with Crippen molar-refractivity contribution in [2.45, 2.75) is 38.6 Å². The summed E-state index contributed by atoms with van der Waals surface area (Å²) >= 11 is 0. The van der Waals surface area contributed by atoms with Crippen molar-refractivity contribution in [2.24, 2.45) is 0 Å². The number of amides is 2. The number of carbonyl (C=O) groups excluding carboxylic acids is 2. The first-order chi connectivity index (χ1) is 12.5. The van der Waals surface area contributed by atoms with Gasteiger partial charge in [0.25, 0.3) is 0 Å².